The van der Waals surface area contributed by atoms with Gasteiger partial charge in [-0.3, -0.25) is 9.59 Å². The molecule has 9 nitrogen and oxygen atoms in total. The second kappa shape index (κ2) is 10.8. The molecule has 1 aliphatic heterocycles. The standard InChI is InChI=1S/C28H34N4O5/c1-37-21-5-6-22-23(28(36)30-20-3-4-20)16-27(35)32(24(22)15-21)13-12-31-10-8-19(9-11-31)29-17-18-2-7-25(33)26(34)14-18/h2,5-7,14-16,19-20,29,33-34H,3-4,8-13,17H2,1H3,(H,30,36). The average Bonchev–Trinajstić information content (AvgIpc) is 3.72. The lowest BCUT2D eigenvalue weighted by Gasteiger charge is -2.32. The van der Waals surface area contributed by atoms with Crippen molar-refractivity contribution in [2.45, 2.75) is 50.9 Å². The summed E-state index contributed by atoms with van der Waals surface area (Å²) in [5.74, 6) is 0.234. The maximum Gasteiger partial charge on any atom is 0.252 e. The van der Waals surface area contributed by atoms with E-state index in [4.69, 9.17) is 4.74 Å². The van der Waals surface area contributed by atoms with Gasteiger partial charge in [0.15, 0.2) is 11.5 Å². The summed E-state index contributed by atoms with van der Waals surface area (Å²) in [7, 11) is 1.59. The number of likely N-dealkylation sites (tertiary alicyclic amines) is 1. The van der Waals surface area contributed by atoms with Gasteiger partial charge in [0.25, 0.3) is 11.5 Å². The van der Waals surface area contributed by atoms with Gasteiger partial charge < -0.3 is 35.1 Å². The fourth-order valence-electron chi connectivity index (χ4n) is 4.94. The summed E-state index contributed by atoms with van der Waals surface area (Å²) >= 11 is 0. The van der Waals surface area contributed by atoms with Crippen LogP contribution in [-0.2, 0) is 13.1 Å². The molecule has 9 heteroatoms. The number of hydrogen-bond donors (Lipinski definition) is 4. The Balaban J connectivity index is 1.22. The number of carbonyl (C=O) groups is 1. The number of hydrogen-bond acceptors (Lipinski definition) is 7. The number of methoxy groups -OCH3 is 1. The van der Waals surface area contributed by atoms with Gasteiger partial charge in [0.2, 0.25) is 0 Å². The molecule has 1 saturated heterocycles. The Morgan fingerprint density at radius 3 is 2.46 bits per heavy atom. The highest BCUT2D eigenvalue weighted by Crippen LogP contribution is 2.26. The highest BCUT2D eigenvalue weighted by Gasteiger charge is 2.26. The lowest BCUT2D eigenvalue weighted by molar-refractivity contribution is 0.0952. The van der Waals surface area contributed by atoms with Crippen molar-refractivity contribution in [2.75, 3.05) is 26.7 Å². The van der Waals surface area contributed by atoms with Gasteiger partial charge >= 0.3 is 0 Å². The summed E-state index contributed by atoms with van der Waals surface area (Å²) in [6, 6.07) is 12.4. The number of phenolic OH excluding ortho intramolecular Hbond substituents is 2. The van der Waals surface area contributed by atoms with Crippen LogP contribution >= 0.6 is 0 Å². The first kappa shape index (κ1) is 25.1. The van der Waals surface area contributed by atoms with E-state index in [0.717, 1.165) is 56.3 Å². The van der Waals surface area contributed by atoms with E-state index in [1.807, 2.05) is 18.2 Å². The molecule has 5 rings (SSSR count). The van der Waals surface area contributed by atoms with E-state index in [1.165, 1.54) is 12.1 Å². The molecule has 2 aliphatic rings. The van der Waals surface area contributed by atoms with Gasteiger partial charge in [0.1, 0.15) is 5.75 Å². The third-order valence-corrected chi connectivity index (χ3v) is 7.34. The summed E-state index contributed by atoms with van der Waals surface area (Å²) in [6.45, 7) is 3.71. The number of nitrogens with one attached hydrogen (secondary N) is 2. The summed E-state index contributed by atoms with van der Waals surface area (Å²) in [5.41, 5.74) is 1.87. The molecule has 196 valence electrons. The molecule has 2 aromatic carbocycles. The highest BCUT2D eigenvalue weighted by molar-refractivity contribution is 6.06. The van der Waals surface area contributed by atoms with E-state index in [-0.39, 0.29) is 29.0 Å². The van der Waals surface area contributed by atoms with Crippen molar-refractivity contribution in [3.63, 3.8) is 0 Å². The number of nitrogens with zero attached hydrogens (tertiary/aromatic N) is 2. The van der Waals surface area contributed by atoms with Crippen molar-refractivity contribution >= 4 is 16.8 Å². The Kier molecular flexibility index (Phi) is 7.34. The SMILES string of the molecule is COc1ccc2c(C(=O)NC3CC3)cc(=O)n(CCN3CCC(NCc4ccc(O)c(O)c4)CC3)c2c1. The lowest BCUT2D eigenvalue weighted by atomic mass is 10.0. The first-order chi connectivity index (χ1) is 17.9. The van der Waals surface area contributed by atoms with Crippen molar-refractivity contribution in [1.82, 2.24) is 20.1 Å². The molecule has 1 aromatic heterocycles. The summed E-state index contributed by atoms with van der Waals surface area (Å²) in [4.78, 5) is 28.3. The fraction of sp³-hybridized carbons (Fsp3) is 0.429. The second-order valence-electron chi connectivity index (χ2n) is 10.00. The minimum absolute atomic E-state index is 0.105. The first-order valence-corrected chi connectivity index (χ1v) is 12.9. The molecule has 4 N–H and O–H groups in total. The summed E-state index contributed by atoms with van der Waals surface area (Å²) in [5, 5.41) is 26.4. The van der Waals surface area contributed by atoms with Crippen LogP contribution in [0.1, 0.15) is 41.6 Å². The predicted molar refractivity (Wildman–Crippen MR) is 141 cm³/mol. The van der Waals surface area contributed by atoms with Crippen LogP contribution < -0.4 is 20.9 Å². The van der Waals surface area contributed by atoms with Crippen molar-refractivity contribution in [3.8, 4) is 17.2 Å². The molecule has 37 heavy (non-hydrogen) atoms. The van der Waals surface area contributed by atoms with E-state index >= 15 is 0 Å². The third-order valence-electron chi connectivity index (χ3n) is 7.34. The van der Waals surface area contributed by atoms with E-state index in [0.29, 0.717) is 36.0 Å². The van der Waals surface area contributed by atoms with Crippen LogP contribution in [-0.4, -0.2) is 64.4 Å². The molecule has 0 spiro atoms. The number of carbonyl (C=O) groups excluding carboxylic acids is 1. The Morgan fingerprint density at radius 2 is 1.76 bits per heavy atom. The number of fused-ring (bicyclic) bond motifs is 1. The monoisotopic (exact) mass is 506 g/mol. The molecule has 2 fully saturated rings. The topological polar surface area (TPSA) is 116 Å². The van der Waals surface area contributed by atoms with Crippen LogP contribution in [0.5, 0.6) is 17.2 Å². The lowest BCUT2D eigenvalue weighted by Crippen LogP contribution is -2.43. The third kappa shape index (κ3) is 5.89. The Bertz CT molecular complexity index is 1340. The van der Waals surface area contributed by atoms with Gasteiger partial charge in [-0.15, -0.1) is 0 Å². The quantitative estimate of drug-likeness (QED) is 0.330. The van der Waals surface area contributed by atoms with Gasteiger partial charge in [0, 0.05) is 49.2 Å². The number of aromatic hydroxyl groups is 2. The molecule has 0 unspecified atom stereocenters. The number of aromatic nitrogens is 1. The second-order valence-corrected chi connectivity index (χ2v) is 10.00. The molecule has 1 saturated carbocycles. The zero-order valence-electron chi connectivity index (χ0n) is 21.1. The maximum atomic E-state index is 13.1. The smallest absolute Gasteiger partial charge is 0.252 e. The Morgan fingerprint density at radius 1 is 0.973 bits per heavy atom. The minimum atomic E-state index is -0.195. The highest BCUT2D eigenvalue weighted by atomic mass is 16.5. The van der Waals surface area contributed by atoms with Gasteiger partial charge in [-0.25, -0.2) is 0 Å². The number of phenols is 2. The van der Waals surface area contributed by atoms with Crippen LogP contribution in [0.2, 0.25) is 0 Å². The number of piperidine rings is 1. The van der Waals surface area contributed by atoms with Crippen LogP contribution in [0.25, 0.3) is 10.9 Å². The van der Waals surface area contributed by atoms with E-state index < -0.39 is 0 Å². The molecular formula is C28H34N4O5. The molecule has 3 aromatic rings. The van der Waals surface area contributed by atoms with Crippen LogP contribution in [0.3, 0.4) is 0 Å². The molecule has 1 aliphatic carbocycles. The van der Waals surface area contributed by atoms with E-state index in [1.54, 1.807) is 23.8 Å². The molecule has 0 bridgehead atoms. The number of amides is 1. The summed E-state index contributed by atoms with van der Waals surface area (Å²) in [6.07, 6.45) is 3.93. The largest absolute Gasteiger partial charge is 0.504 e. The molecule has 2 heterocycles. The van der Waals surface area contributed by atoms with E-state index in [2.05, 4.69) is 15.5 Å². The first-order valence-electron chi connectivity index (χ1n) is 12.9. The van der Waals surface area contributed by atoms with Crippen LogP contribution in [0.15, 0.2) is 47.3 Å². The Labute approximate surface area is 215 Å². The number of benzene rings is 2. The van der Waals surface area contributed by atoms with Gasteiger partial charge in [-0.05, 0) is 68.6 Å². The Hall–Kier alpha value is -3.56. The molecule has 0 atom stereocenters. The zero-order chi connectivity index (χ0) is 25.9. The van der Waals surface area contributed by atoms with Crippen molar-refractivity contribution < 1.29 is 19.7 Å². The van der Waals surface area contributed by atoms with Crippen LogP contribution in [0, 0.1) is 0 Å². The summed E-state index contributed by atoms with van der Waals surface area (Å²) < 4.78 is 7.15. The number of rotatable bonds is 9. The van der Waals surface area contributed by atoms with Crippen molar-refractivity contribution in [3.05, 3.63) is 63.9 Å². The van der Waals surface area contributed by atoms with Crippen molar-refractivity contribution in [1.29, 1.82) is 0 Å². The molecule has 0 radical (unpaired) electrons. The number of ether oxygens (including phenoxy) is 1. The number of pyridine rings is 1. The minimum Gasteiger partial charge on any atom is -0.504 e. The normalized spacial score (nSPS) is 16.7. The van der Waals surface area contributed by atoms with Crippen LogP contribution in [0.4, 0.5) is 0 Å². The zero-order valence-corrected chi connectivity index (χ0v) is 21.1. The predicted octanol–water partition coefficient (Wildman–Crippen LogP) is 2.57. The van der Waals surface area contributed by atoms with Crippen molar-refractivity contribution in [2.24, 2.45) is 0 Å². The van der Waals surface area contributed by atoms with Gasteiger partial charge in [-0.1, -0.05) is 6.07 Å². The average molecular weight is 507 g/mol. The van der Waals surface area contributed by atoms with E-state index in [9.17, 15) is 19.8 Å². The molecular weight excluding hydrogens is 472 g/mol. The fourth-order valence-corrected chi connectivity index (χ4v) is 4.94. The van der Waals surface area contributed by atoms with Gasteiger partial charge in [-0.2, -0.15) is 0 Å². The maximum absolute atomic E-state index is 13.1. The van der Waals surface area contributed by atoms with Gasteiger partial charge in [0.05, 0.1) is 18.2 Å². The molecule has 1 amide bonds.